The van der Waals surface area contributed by atoms with Crippen molar-refractivity contribution in [3.63, 3.8) is 0 Å². The second-order valence-electron chi connectivity index (χ2n) is 5.17. The van der Waals surface area contributed by atoms with Crippen LogP contribution in [0.3, 0.4) is 0 Å². The number of thioether (sulfide) groups is 1. The summed E-state index contributed by atoms with van der Waals surface area (Å²) < 4.78 is 10.8. The maximum atomic E-state index is 12.0. The van der Waals surface area contributed by atoms with Crippen LogP contribution in [0.4, 0.5) is 5.69 Å². The molecule has 0 saturated carbocycles. The summed E-state index contributed by atoms with van der Waals surface area (Å²) in [5.41, 5.74) is 2.78. The summed E-state index contributed by atoms with van der Waals surface area (Å²) in [6.45, 7) is 2.04. The number of ether oxygens (including phenoxy) is 1. The number of carbonyl (C=O) groups excluding carboxylic acids is 1. The number of benzene rings is 2. The minimum Gasteiger partial charge on any atom is -0.497 e. The first kappa shape index (κ1) is 15.5. The first-order valence-electron chi connectivity index (χ1n) is 7.21. The zero-order valence-corrected chi connectivity index (χ0v) is 13.8. The Labute approximate surface area is 138 Å². The summed E-state index contributed by atoms with van der Waals surface area (Å²) in [6, 6.07) is 15.2. The van der Waals surface area contributed by atoms with E-state index in [1.54, 1.807) is 7.11 Å². The molecule has 1 amide bonds. The van der Waals surface area contributed by atoms with Crippen LogP contribution >= 0.6 is 11.8 Å². The van der Waals surface area contributed by atoms with Crippen LogP contribution in [0, 0.1) is 6.92 Å². The molecule has 1 N–H and O–H groups in total. The topological polar surface area (TPSA) is 51.5 Å². The molecule has 0 spiro atoms. The van der Waals surface area contributed by atoms with Crippen molar-refractivity contribution < 1.29 is 13.9 Å². The first-order chi connectivity index (χ1) is 11.1. The highest BCUT2D eigenvalue weighted by Gasteiger charge is 2.08. The Morgan fingerprint density at radius 2 is 1.96 bits per heavy atom. The molecule has 0 aliphatic heterocycles. The van der Waals surface area contributed by atoms with E-state index in [0.29, 0.717) is 5.75 Å². The monoisotopic (exact) mass is 327 g/mol. The van der Waals surface area contributed by atoms with E-state index in [9.17, 15) is 4.79 Å². The van der Waals surface area contributed by atoms with Crippen molar-refractivity contribution in [2.45, 2.75) is 12.0 Å². The van der Waals surface area contributed by atoms with E-state index in [2.05, 4.69) is 11.4 Å². The zero-order valence-electron chi connectivity index (χ0n) is 13.0. The van der Waals surface area contributed by atoms with Gasteiger partial charge in [-0.15, -0.1) is 0 Å². The number of methoxy groups -OCH3 is 1. The van der Waals surface area contributed by atoms with Gasteiger partial charge in [0.1, 0.15) is 11.3 Å². The van der Waals surface area contributed by atoms with E-state index < -0.39 is 0 Å². The average molecular weight is 327 g/mol. The quantitative estimate of drug-likeness (QED) is 0.702. The normalized spacial score (nSPS) is 10.7. The van der Waals surface area contributed by atoms with Gasteiger partial charge in [0.25, 0.3) is 0 Å². The fraction of sp³-hybridized carbons (Fsp3) is 0.167. The molecule has 0 bridgehead atoms. The van der Waals surface area contributed by atoms with Crippen LogP contribution in [0.5, 0.6) is 5.75 Å². The molecule has 23 heavy (non-hydrogen) atoms. The lowest BCUT2D eigenvalue weighted by molar-refractivity contribution is -0.113. The summed E-state index contributed by atoms with van der Waals surface area (Å²) in [7, 11) is 1.61. The average Bonchev–Trinajstić information content (AvgIpc) is 2.95. The number of anilines is 1. The number of carbonyl (C=O) groups is 1. The van der Waals surface area contributed by atoms with E-state index in [1.165, 1.54) is 17.3 Å². The molecule has 0 unspecified atom stereocenters. The van der Waals surface area contributed by atoms with Gasteiger partial charge in [0, 0.05) is 11.1 Å². The van der Waals surface area contributed by atoms with Crippen LogP contribution in [-0.4, -0.2) is 18.8 Å². The van der Waals surface area contributed by atoms with Gasteiger partial charge in [0.15, 0.2) is 5.09 Å². The maximum Gasteiger partial charge on any atom is 0.234 e. The molecule has 5 heteroatoms. The third-order valence-electron chi connectivity index (χ3n) is 3.37. The van der Waals surface area contributed by atoms with Gasteiger partial charge in [-0.3, -0.25) is 4.79 Å². The largest absolute Gasteiger partial charge is 0.497 e. The van der Waals surface area contributed by atoms with Crippen LogP contribution < -0.4 is 10.1 Å². The fourth-order valence-electron chi connectivity index (χ4n) is 2.22. The molecule has 3 aromatic rings. The molecule has 1 heterocycles. The predicted octanol–water partition coefficient (Wildman–Crippen LogP) is 4.48. The van der Waals surface area contributed by atoms with Crippen LogP contribution in [0.1, 0.15) is 5.56 Å². The Balaban J connectivity index is 1.58. The van der Waals surface area contributed by atoms with Crippen molar-refractivity contribution in [3.05, 3.63) is 54.1 Å². The van der Waals surface area contributed by atoms with E-state index in [-0.39, 0.29) is 5.91 Å². The van der Waals surface area contributed by atoms with E-state index in [0.717, 1.165) is 27.5 Å². The number of hydrogen-bond donors (Lipinski definition) is 1. The van der Waals surface area contributed by atoms with E-state index in [1.807, 2.05) is 49.4 Å². The Morgan fingerprint density at radius 1 is 1.17 bits per heavy atom. The molecule has 0 aliphatic rings. The van der Waals surface area contributed by atoms with Gasteiger partial charge in [-0.05, 0) is 49.4 Å². The Hall–Kier alpha value is -2.40. The van der Waals surface area contributed by atoms with Crippen molar-refractivity contribution in [3.8, 4) is 5.75 Å². The van der Waals surface area contributed by atoms with Crippen molar-refractivity contribution in [1.29, 1.82) is 0 Å². The predicted molar refractivity (Wildman–Crippen MR) is 93.3 cm³/mol. The number of aryl methyl sites for hydroxylation is 1. The molecule has 118 valence electrons. The van der Waals surface area contributed by atoms with Gasteiger partial charge in [0.05, 0.1) is 12.9 Å². The molecule has 0 fully saturated rings. The molecule has 2 aromatic carbocycles. The van der Waals surface area contributed by atoms with Crippen LogP contribution in [0.15, 0.2) is 58.0 Å². The summed E-state index contributed by atoms with van der Waals surface area (Å²) in [5, 5.41) is 4.65. The number of hydrogen-bond acceptors (Lipinski definition) is 4. The lowest BCUT2D eigenvalue weighted by Gasteiger charge is -2.05. The Morgan fingerprint density at radius 3 is 2.70 bits per heavy atom. The van der Waals surface area contributed by atoms with Crippen molar-refractivity contribution in [2.75, 3.05) is 18.2 Å². The molecule has 3 rings (SSSR count). The highest BCUT2D eigenvalue weighted by Crippen LogP contribution is 2.28. The van der Waals surface area contributed by atoms with E-state index in [4.69, 9.17) is 9.15 Å². The molecule has 4 nitrogen and oxygen atoms in total. The maximum absolute atomic E-state index is 12.0. The summed E-state index contributed by atoms with van der Waals surface area (Å²) >= 11 is 1.38. The first-order valence-corrected chi connectivity index (χ1v) is 8.19. The van der Waals surface area contributed by atoms with Crippen LogP contribution in [0.25, 0.3) is 11.0 Å². The molecule has 0 aliphatic carbocycles. The molecular weight excluding hydrogens is 310 g/mol. The number of fused-ring (bicyclic) bond motifs is 1. The zero-order chi connectivity index (χ0) is 16.2. The Bertz CT molecular complexity index is 824. The number of nitrogens with one attached hydrogen (secondary N) is 1. The highest BCUT2D eigenvalue weighted by atomic mass is 32.2. The summed E-state index contributed by atoms with van der Waals surface area (Å²) in [6.07, 6.45) is 0. The van der Waals surface area contributed by atoms with Gasteiger partial charge < -0.3 is 14.5 Å². The van der Waals surface area contributed by atoms with Gasteiger partial charge >= 0.3 is 0 Å². The highest BCUT2D eigenvalue weighted by molar-refractivity contribution is 7.99. The number of furan rings is 1. The van der Waals surface area contributed by atoms with Gasteiger partial charge in [-0.25, -0.2) is 0 Å². The SMILES string of the molecule is COc1ccc(NC(=O)CSc2cc3cc(C)ccc3o2)cc1. The van der Waals surface area contributed by atoms with Gasteiger partial charge in [0.2, 0.25) is 5.91 Å². The molecule has 0 atom stereocenters. The molecular formula is C18H17NO3S. The lowest BCUT2D eigenvalue weighted by atomic mass is 10.2. The minimum atomic E-state index is -0.0724. The van der Waals surface area contributed by atoms with Crippen molar-refractivity contribution >= 4 is 34.3 Å². The van der Waals surface area contributed by atoms with E-state index >= 15 is 0 Å². The third kappa shape index (κ3) is 3.87. The summed E-state index contributed by atoms with van der Waals surface area (Å²) in [4.78, 5) is 12.0. The van der Waals surface area contributed by atoms with Crippen molar-refractivity contribution in [1.82, 2.24) is 0 Å². The second kappa shape index (κ2) is 6.79. The molecule has 0 radical (unpaired) electrons. The van der Waals surface area contributed by atoms with Crippen LogP contribution in [0.2, 0.25) is 0 Å². The smallest absolute Gasteiger partial charge is 0.234 e. The minimum absolute atomic E-state index is 0.0724. The van der Waals surface area contributed by atoms with Crippen LogP contribution in [-0.2, 0) is 4.79 Å². The van der Waals surface area contributed by atoms with Crippen molar-refractivity contribution in [2.24, 2.45) is 0 Å². The molecule has 0 saturated heterocycles. The van der Waals surface area contributed by atoms with Gasteiger partial charge in [-0.2, -0.15) is 0 Å². The fourth-order valence-corrected chi connectivity index (χ4v) is 2.92. The second-order valence-corrected chi connectivity index (χ2v) is 6.15. The summed E-state index contributed by atoms with van der Waals surface area (Å²) in [5.74, 6) is 0.983. The Kier molecular flexibility index (Phi) is 4.57. The number of amides is 1. The van der Waals surface area contributed by atoms with Gasteiger partial charge in [-0.1, -0.05) is 23.4 Å². The standard InChI is InChI=1S/C18H17NO3S/c1-12-3-8-16-13(9-12)10-18(22-16)23-11-17(20)19-14-4-6-15(21-2)7-5-14/h3-10H,11H2,1-2H3,(H,19,20). The lowest BCUT2D eigenvalue weighted by Crippen LogP contribution is -2.13. The third-order valence-corrected chi connectivity index (χ3v) is 4.26. The number of rotatable bonds is 5. The molecule has 1 aromatic heterocycles.